The summed E-state index contributed by atoms with van der Waals surface area (Å²) in [6.07, 6.45) is 2.30. The molecule has 0 atom stereocenters. The largest absolute Gasteiger partial charge is 0.501 e. The van der Waals surface area contributed by atoms with E-state index in [1.165, 1.54) is 10.6 Å². The van der Waals surface area contributed by atoms with E-state index in [1.807, 2.05) is 0 Å². The molecule has 138 valence electrons. The zero-order chi connectivity index (χ0) is 20.6. The molecule has 0 aliphatic carbocycles. The van der Waals surface area contributed by atoms with Gasteiger partial charge in [-0.25, -0.2) is 13.8 Å². The second kappa shape index (κ2) is 7.39. The molecule has 0 aromatic carbocycles. The molecule has 4 radical (unpaired) electrons. The van der Waals surface area contributed by atoms with E-state index in [9.17, 15) is 13.6 Å². The van der Waals surface area contributed by atoms with Gasteiger partial charge < -0.3 is 4.74 Å². The van der Waals surface area contributed by atoms with Gasteiger partial charge in [-0.2, -0.15) is 0 Å². The fraction of sp³-hybridized carbons (Fsp3) is 0.167. The van der Waals surface area contributed by atoms with Crippen LogP contribution in [-0.2, 0) is 5.40 Å². The van der Waals surface area contributed by atoms with Crippen LogP contribution in [0.15, 0.2) is 41.5 Å². The lowest BCUT2D eigenvalue weighted by Crippen LogP contribution is -2.37. The van der Waals surface area contributed by atoms with Crippen LogP contribution in [0.1, 0.15) is 17.0 Å². The van der Waals surface area contributed by atoms with Gasteiger partial charge in [-0.3, -0.25) is 14.3 Å². The highest BCUT2D eigenvalue weighted by Crippen LogP contribution is 2.25. The Morgan fingerprint density at radius 2 is 1.82 bits per heavy atom. The van der Waals surface area contributed by atoms with Gasteiger partial charge in [0.2, 0.25) is 0 Å². The Morgan fingerprint density at radius 3 is 2.46 bits per heavy atom. The highest BCUT2D eigenvalue weighted by Gasteiger charge is 2.28. The van der Waals surface area contributed by atoms with Crippen LogP contribution in [0, 0.1) is 25.5 Å². The molecule has 0 spiro atoms. The SMILES string of the molecule is [B]C([B])(Oc1cc(C)n(-c2cc(Cl)ncc2C)c(=O)c1)c1ncc(F)cc1F. The first kappa shape index (κ1) is 20.1. The fourth-order valence-corrected chi connectivity index (χ4v) is 2.87. The predicted molar refractivity (Wildman–Crippen MR) is 102 cm³/mol. The maximum atomic E-state index is 13.9. The highest BCUT2D eigenvalue weighted by atomic mass is 35.5. The summed E-state index contributed by atoms with van der Waals surface area (Å²) in [6.45, 7) is 3.44. The monoisotopic (exact) mass is 397 g/mol. The van der Waals surface area contributed by atoms with Crippen LogP contribution >= 0.6 is 11.6 Å². The minimum Gasteiger partial charge on any atom is -0.501 e. The quantitative estimate of drug-likeness (QED) is 0.502. The molecule has 3 rings (SSSR count). The van der Waals surface area contributed by atoms with Crippen molar-refractivity contribution in [1.29, 1.82) is 0 Å². The third-order valence-electron chi connectivity index (χ3n) is 3.94. The Morgan fingerprint density at radius 1 is 1.11 bits per heavy atom. The molecule has 0 fully saturated rings. The van der Waals surface area contributed by atoms with Gasteiger partial charge in [0, 0.05) is 24.0 Å². The van der Waals surface area contributed by atoms with Gasteiger partial charge in [-0.15, -0.1) is 0 Å². The van der Waals surface area contributed by atoms with Crippen LogP contribution in [0.3, 0.4) is 0 Å². The zero-order valence-electron chi connectivity index (χ0n) is 14.9. The number of ether oxygens (including phenoxy) is 1. The Labute approximate surface area is 167 Å². The van der Waals surface area contributed by atoms with Crippen molar-refractivity contribution in [2.45, 2.75) is 19.2 Å². The first-order valence-corrected chi connectivity index (χ1v) is 8.41. The molecule has 0 aliphatic heterocycles. The number of hydrogen-bond acceptors (Lipinski definition) is 4. The predicted octanol–water partition coefficient (Wildman–Crippen LogP) is 2.70. The molecule has 0 unspecified atom stereocenters. The molecule has 5 nitrogen and oxygen atoms in total. The maximum absolute atomic E-state index is 13.9. The van der Waals surface area contributed by atoms with Crippen LogP contribution in [-0.4, -0.2) is 30.2 Å². The van der Waals surface area contributed by atoms with E-state index in [0.29, 0.717) is 17.4 Å². The Balaban J connectivity index is 2.01. The van der Waals surface area contributed by atoms with Gasteiger partial charge in [0.05, 0.1) is 17.3 Å². The van der Waals surface area contributed by atoms with Gasteiger partial charge in [-0.05, 0) is 31.5 Å². The van der Waals surface area contributed by atoms with E-state index in [2.05, 4.69) is 9.97 Å². The third kappa shape index (κ3) is 3.94. The van der Waals surface area contributed by atoms with Crippen LogP contribution in [0.2, 0.25) is 5.15 Å². The van der Waals surface area contributed by atoms with Crippen molar-refractivity contribution < 1.29 is 13.5 Å². The van der Waals surface area contributed by atoms with E-state index < -0.39 is 28.3 Å². The number of aryl methyl sites for hydroxylation is 2. The van der Waals surface area contributed by atoms with Gasteiger partial charge >= 0.3 is 0 Å². The molecular weight excluding hydrogens is 385 g/mol. The van der Waals surface area contributed by atoms with Crippen molar-refractivity contribution in [1.82, 2.24) is 14.5 Å². The zero-order valence-corrected chi connectivity index (χ0v) is 15.7. The van der Waals surface area contributed by atoms with Crippen molar-refractivity contribution in [3.05, 3.63) is 80.8 Å². The molecule has 10 heteroatoms. The topological polar surface area (TPSA) is 57.0 Å². The molecule has 0 amide bonds. The highest BCUT2D eigenvalue weighted by molar-refractivity contribution is 6.38. The summed E-state index contributed by atoms with van der Waals surface area (Å²) in [5, 5.41) is -1.99. The van der Waals surface area contributed by atoms with Crippen LogP contribution in [0.5, 0.6) is 5.75 Å². The summed E-state index contributed by atoms with van der Waals surface area (Å²) in [6, 6.07) is 4.76. The molecule has 3 heterocycles. The van der Waals surface area contributed by atoms with E-state index in [4.69, 9.17) is 32.0 Å². The number of rotatable bonds is 4. The smallest absolute Gasteiger partial charge is 0.259 e. The molecule has 28 heavy (non-hydrogen) atoms. The number of halogens is 3. The standard InChI is InChI=1S/C18H12B2ClF2N3O2/c1-9-7-24-15(21)6-14(9)26-10(2)3-12(5-16(26)27)28-18(19,20)17-13(23)4-11(22)8-25-17/h3-8H,1-2H3. The summed E-state index contributed by atoms with van der Waals surface area (Å²) in [5.41, 5.74) is 0.798. The molecule has 0 aliphatic rings. The van der Waals surface area contributed by atoms with E-state index in [0.717, 1.165) is 17.8 Å². The fourth-order valence-electron chi connectivity index (χ4n) is 2.71. The number of aromatic nitrogens is 3. The Bertz CT molecular complexity index is 1120. The molecule has 0 bridgehead atoms. The number of hydrogen-bond donors (Lipinski definition) is 0. The first-order valence-electron chi connectivity index (χ1n) is 8.03. The average Bonchev–Trinajstić information content (AvgIpc) is 2.56. The molecular formula is C18H12B2ClF2N3O2. The van der Waals surface area contributed by atoms with Gasteiger partial charge in [0.1, 0.15) is 43.9 Å². The second-order valence-electron chi connectivity index (χ2n) is 6.18. The number of nitrogens with zero attached hydrogens (tertiary/aromatic N) is 3. The minimum absolute atomic E-state index is 0.00733. The van der Waals surface area contributed by atoms with Gasteiger partial charge in [0.15, 0.2) is 0 Å². The molecule has 0 saturated carbocycles. The Hall–Kier alpha value is -2.67. The lowest BCUT2D eigenvalue weighted by molar-refractivity contribution is 0.231. The van der Waals surface area contributed by atoms with Gasteiger partial charge in [-0.1, -0.05) is 11.6 Å². The van der Waals surface area contributed by atoms with Crippen molar-refractivity contribution in [3.63, 3.8) is 0 Å². The summed E-state index contributed by atoms with van der Waals surface area (Å²) >= 11 is 5.93. The molecule has 3 aromatic heterocycles. The average molecular weight is 397 g/mol. The van der Waals surface area contributed by atoms with Gasteiger partial charge in [0.25, 0.3) is 5.56 Å². The van der Waals surface area contributed by atoms with E-state index in [1.54, 1.807) is 26.1 Å². The molecule has 0 saturated heterocycles. The van der Waals surface area contributed by atoms with Crippen LogP contribution in [0.25, 0.3) is 5.69 Å². The number of pyridine rings is 3. The normalized spacial score (nSPS) is 11.5. The van der Waals surface area contributed by atoms with Crippen LogP contribution in [0.4, 0.5) is 8.78 Å². The van der Waals surface area contributed by atoms with Crippen molar-refractivity contribution in [2.75, 3.05) is 0 Å². The summed E-state index contributed by atoms with van der Waals surface area (Å²) in [7, 11) is 11.6. The van der Waals surface area contributed by atoms with Crippen LogP contribution < -0.4 is 10.3 Å². The van der Waals surface area contributed by atoms with Crippen molar-refractivity contribution in [2.24, 2.45) is 0 Å². The van der Waals surface area contributed by atoms with E-state index in [-0.39, 0.29) is 10.9 Å². The lowest BCUT2D eigenvalue weighted by Gasteiger charge is -2.28. The van der Waals surface area contributed by atoms with Crippen molar-refractivity contribution >= 4 is 27.3 Å². The summed E-state index contributed by atoms with van der Waals surface area (Å²) < 4.78 is 33.8. The molecule has 3 aromatic rings. The summed E-state index contributed by atoms with van der Waals surface area (Å²) in [4.78, 5) is 20.2. The second-order valence-corrected chi connectivity index (χ2v) is 6.57. The lowest BCUT2D eigenvalue weighted by atomic mass is 9.62. The van der Waals surface area contributed by atoms with E-state index >= 15 is 0 Å². The molecule has 0 N–H and O–H groups in total. The Kier molecular flexibility index (Phi) is 5.30. The summed E-state index contributed by atoms with van der Waals surface area (Å²) in [5.74, 6) is -1.97. The third-order valence-corrected chi connectivity index (χ3v) is 4.14. The maximum Gasteiger partial charge on any atom is 0.259 e. The van der Waals surface area contributed by atoms with Crippen molar-refractivity contribution in [3.8, 4) is 11.4 Å². The minimum atomic E-state index is -2.22. The first-order chi connectivity index (χ1) is 13.1.